The number of benzene rings is 1. The SMILES string of the molecule is CC1(C)c2cc(OCC(O)C(O)CO)ccc2C(=O)c2c1[nH]c1c2CC=C1. The molecule has 0 aliphatic heterocycles. The molecule has 1 aromatic carbocycles. The number of hydrogen-bond donors (Lipinski definition) is 4. The molecule has 142 valence electrons. The fourth-order valence-electron chi connectivity index (χ4n) is 3.94. The van der Waals surface area contributed by atoms with Crippen LogP contribution in [-0.4, -0.2) is 51.5 Å². The minimum atomic E-state index is -1.25. The van der Waals surface area contributed by atoms with Crippen LogP contribution in [0, 0.1) is 0 Å². The van der Waals surface area contributed by atoms with E-state index in [1.807, 2.05) is 12.1 Å². The number of fused-ring (bicyclic) bond motifs is 4. The summed E-state index contributed by atoms with van der Waals surface area (Å²) in [4.78, 5) is 16.6. The number of carbonyl (C=O) groups excluding carboxylic acids is 1. The molecule has 6 heteroatoms. The van der Waals surface area contributed by atoms with Crippen LogP contribution in [-0.2, 0) is 11.8 Å². The molecule has 2 atom stereocenters. The quantitative estimate of drug-likeness (QED) is 0.640. The number of nitrogens with one attached hydrogen (secondary N) is 1. The lowest BCUT2D eigenvalue weighted by Gasteiger charge is -2.32. The van der Waals surface area contributed by atoms with E-state index < -0.39 is 24.2 Å². The average molecular weight is 369 g/mol. The van der Waals surface area contributed by atoms with Gasteiger partial charge in [-0.1, -0.05) is 19.9 Å². The first kappa shape index (κ1) is 18.0. The lowest BCUT2D eigenvalue weighted by Crippen LogP contribution is -2.34. The number of allylic oxidation sites excluding steroid dienone is 1. The highest BCUT2D eigenvalue weighted by atomic mass is 16.5. The van der Waals surface area contributed by atoms with Crippen LogP contribution in [0.15, 0.2) is 24.3 Å². The molecule has 1 heterocycles. The van der Waals surface area contributed by atoms with Gasteiger partial charge in [-0.05, 0) is 41.8 Å². The van der Waals surface area contributed by atoms with Crippen LogP contribution in [0.25, 0.3) is 6.08 Å². The zero-order chi connectivity index (χ0) is 19.3. The number of aromatic nitrogens is 1. The van der Waals surface area contributed by atoms with Crippen molar-refractivity contribution in [3.8, 4) is 5.75 Å². The molecular weight excluding hydrogens is 346 g/mol. The van der Waals surface area contributed by atoms with Gasteiger partial charge in [0.25, 0.3) is 0 Å². The molecule has 0 saturated heterocycles. The molecule has 4 N–H and O–H groups in total. The zero-order valence-electron chi connectivity index (χ0n) is 15.3. The third-order valence-electron chi connectivity index (χ3n) is 5.56. The molecule has 2 aliphatic carbocycles. The summed E-state index contributed by atoms with van der Waals surface area (Å²) in [6, 6.07) is 5.27. The molecule has 2 unspecified atom stereocenters. The summed E-state index contributed by atoms with van der Waals surface area (Å²) in [5, 5.41) is 28.1. The number of carbonyl (C=O) groups is 1. The topological polar surface area (TPSA) is 103 Å². The van der Waals surface area contributed by atoms with Crippen LogP contribution >= 0.6 is 0 Å². The van der Waals surface area contributed by atoms with Gasteiger partial charge in [0.05, 0.1) is 6.61 Å². The minimum Gasteiger partial charge on any atom is -0.491 e. The summed E-state index contributed by atoms with van der Waals surface area (Å²) in [5.74, 6) is 0.518. The Bertz CT molecular complexity index is 940. The smallest absolute Gasteiger partial charge is 0.195 e. The maximum atomic E-state index is 13.1. The van der Waals surface area contributed by atoms with Crippen LogP contribution in [0.5, 0.6) is 5.75 Å². The van der Waals surface area contributed by atoms with Crippen molar-refractivity contribution < 1.29 is 24.9 Å². The fraction of sp³-hybridized carbons (Fsp3) is 0.381. The Balaban J connectivity index is 1.68. The van der Waals surface area contributed by atoms with Gasteiger partial charge < -0.3 is 25.0 Å². The fourth-order valence-corrected chi connectivity index (χ4v) is 3.94. The van der Waals surface area contributed by atoms with Crippen molar-refractivity contribution in [1.29, 1.82) is 0 Å². The average Bonchev–Trinajstić information content (AvgIpc) is 3.25. The van der Waals surface area contributed by atoms with E-state index in [0.717, 1.165) is 34.5 Å². The first-order valence-electron chi connectivity index (χ1n) is 9.05. The van der Waals surface area contributed by atoms with Crippen molar-refractivity contribution in [3.63, 3.8) is 0 Å². The number of aliphatic hydroxyl groups excluding tert-OH is 3. The van der Waals surface area contributed by atoms with E-state index in [2.05, 4.69) is 24.9 Å². The largest absolute Gasteiger partial charge is 0.491 e. The molecule has 0 bridgehead atoms. The molecule has 2 aromatic rings. The third-order valence-corrected chi connectivity index (χ3v) is 5.56. The number of rotatable bonds is 5. The molecule has 0 spiro atoms. The van der Waals surface area contributed by atoms with Crippen molar-refractivity contribution in [2.75, 3.05) is 13.2 Å². The number of ether oxygens (including phenoxy) is 1. The predicted octanol–water partition coefficient (Wildman–Crippen LogP) is 1.55. The van der Waals surface area contributed by atoms with Gasteiger partial charge in [0.15, 0.2) is 5.78 Å². The molecule has 2 aliphatic rings. The summed E-state index contributed by atoms with van der Waals surface area (Å²) >= 11 is 0. The van der Waals surface area contributed by atoms with Crippen molar-refractivity contribution in [3.05, 3.63) is 57.9 Å². The standard InChI is InChI=1S/C21H23NO5/c1-21(2)14-8-11(27-10-17(25)16(24)9-23)6-7-12(14)19(26)18-13-4-3-5-15(13)22-20(18)21/h3,5-8,16-17,22-25H,4,9-10H2,1-2H3. The number of aromatic amines is 1. The van der Waals surface area contributed by atoms with Crippen LogP contribution in [0.4, 0.5) is 0 Å². The third kappa shape index (κ3) is 2.72. The molecular formula is C21H23NO5. The molecule has 27 heavy (non-hydrogen) atoms. The lowest BCUT2D eigenvalue weighted by molar-refractivity contribution is -0.0339. The van der Waals surface area contributed by atoms with Gasteiger partial charge in [-0.25, -0.2) is 0 Å². The number of H-pyrrole nitrogens is 1. The summed E-state index contributed by atoms with van der Waals surface area (Å²) in [6.45, 7) is 3.45. The van der Waals surface area contributed by atoms with Crippen molar-refractivity contribution >= 4 is 11.9 Å². The monoisotopic (exact) mass is 369 g/mol. The highest BCUT2D eigenvalue weighted by Gasteiger charge is 2.41. The van der Waals surface area contributed by atoms with E-state index in [4.69, 9.17) is 9.84 Å². The molecule has 1 aromatic heterocycles. The van der Waals surface area contributed by atoms with Crippen LogP contribution in [0.3, 0.4) is 0 Å². The van der Waals surface area contributed by atoms with Crippen LogP contribution < -0.4 is 4.74 Å². The van der Waals surface area contributed by atoms with E-state index in [-0.39, 0.29) is 12.4 Å². The Hall–Kier alpha value is -2.41. The van der Waals surface area contributed by atoms with Gasteiger partial charge in [0.2, 0.25) is 0 Å². The predicted molar refractivity (Wildman–Crippen MR) is 100 cm³/mol. The summed E-state index contributed by atoms with van der Waals surface area (Å²) in [7, 11) is 0. The zero-order valence-corrected chi connectivity index (χ0v) is 15.3. The van der Waals surface area contributed by atoms with Crippen molar-refractivity contribution in [2.45, 2.75) is 37.9 Å². The Kier molecular flexibility index (Phi) is 4.22. The van der Waals surface area contributed by atoms with E-state index in [1.165, 1.54) is 0 Å². The summed E-state index contributed by atoms with van der Waals surface area (Å²) in [6.07, 6.45) is 2.40. The van der Waals surface area contributed by atoms with E-state index in [1.54, 1.807) is 12.1 Å². The molecule has 0 saturated carbocycles. The highest BCUT2D eigenvalue weighted by molar-refractivity contribution is 6.14. The first-order chi connectivity index (χ1) is 12.8. The van der Waals surface area contributed by atoms with Gasteiger partial charge in [0, 0.05) is 27.9 Å². The molecule has 4 rings (SSSR count). The number of aliphatic hydroxyl groups is 3. The van der Waals surface area contributed by atoms with Gasteiger partial charge in [0.1, 0.15) is 24.6 Å². The van der Waals surface area contributed by atoms with Crippen molar-refractivity contribution in [1.82, 2.24) is 4.98 Å². The Morgan fingerprint density at radius 2 is 2.04 bits per heavy atom. The summed E-state index contributed by atoms with van der Waals surface area (Å²) in [5.41, 5.74) is 4.88. The van der Waals surface area contributed by atoms with E-state index >= 15 is 0 Å². The summed E-state index contributed by atoms with van der Waals surface area (Å²) < 4.78 is 5.58. The van der Waals surface area contributed by atoms with E-state index in [9.17, 15) is 15.0 Å². The van der Waals surface area contributed by atoms with Gasteiger partial charge in [-0.3, -0.25) is 4.79 Å². The molecule has 0 fully saturated rings. The molecule has 0 radical (unpaired) electrons. The Labute approximate surface area is 157 Å². The van der Waals surface area contributed by atoms with Crippen molar-refractivity contribution in [2.24, 2.45) is 0 Å². The molecule has 0 amide bonds. The number of ketones is 1. The van der Waals surface area contributed by atoms with Gasteiger partial charge in [-0.2, -0.15) is 0 Å². The van der Waals surface area contributed by atoms with Gasteiger partial charge >= 0.3 is 0 Å². The molecule has 6 nitrogen and oxygen atoms in total. The second kappa shape index (κ2) is 6.34. The van der Waals surface area contributed by atoms with Crippen LogP contribution in [0.2, 0.25) is 0 Å². The van der Waals surface area contributed by atoms with Crippen LogP contribution in [0.1, 0.15) is 52.3 Å². The number of hydrogen-bond acceptors (Lipinski definition) is 5. The normalized spacial score (nSPS) is 18.6. The highest BCUT2D eigenvalue weighted by Crippen LogP contribution is 2.45. The second-order valence-corrected chi connectivity index (χ2v) is 7.66. The van der Waals surface area contributed by atoms with E-state index in [0.29, 0.717) is 11.3 Å². The Morgan fingerprint density at radius 1 is 1.26 bits per heavy atom. The van der Waals surface area contributed by atoms with Gasteiger partial charge in [-0.15, -0.1) is 0 Å². The maximum absolute atomic E-state index is 13.1. The minimum absolute atomic E-state index is 0.0165. The lowest BCUT2D eigenvalue weighted by atomic mass is 9.71. The maximum Gasteiger partial charge on any atom is 0.195 e. The first-order valence-corrected chi connectivity index (χ1v) is 9.05. The second-order valence-electron chi connectivity index (χ2n) is 7.66. The Morgan fingerprint density at radius 3 is 2.78 bits per heavy atom.